The Bertz CT molecular complexity index is 383. The summed E-state index contributed by atoms with van der Waals surface area (Å²) in [7, 11) is 1.57. The lowest BCUT2D eigenvalue weighted by atomic mass is 9.90. The van der Waals surface area contributed by atoms with Crippen LogP contribution in [0.25, 0.3) is 0 Å². The molecule has 0 bridgehead atoms. The van der Waals surface area contributed by atoms with Gasteiger partial charge in [0.25, 0.3) is 0 Å². The summed E-state index contributed by atoms with van der Waals surface area (Å²) in [5.74, 6) is 0.802. The van der Waals surface area contributed by atoms with Crippen molar-refractivity contribution in [3.8, 4) is 11.5 Å². The molecule has 0 amide bonds. The van der Waals surface area contributed by atoms with Crippen LogP contribution in [0.2, 0.25) is 0 Å². The maximum atomic E-state index is 10.1. The second-order valence-electron chi connectivity index (χ2n) is 4.29. The summed E-state index contributed by atoms with van der Waals surface area (Å²) in [5, 5.41) is 10.1. The molecular formula is C12H17NO2. The molecule has 0 spiro atoms. The normalized spacial score (nSPS) is 17.5. The van der Waals surface area contributed by atoms with E-state index < -0.39 is 0 Å². The summed E-state index contributed by atoms with van der Waals surface area (Å²) in [6.45, 7) is 2.60. The van der Waals surface area contributed by atoms with Gasteiger partial charge in [-0.15, -0.1) is 0 Å². The van der Waals surface area contributed by atoms with E-state index in [-0.39, 0.29) is 11.2 Å². The molecule has 0 saturated heterocycles. The van der Waals surface area contributed by atoms with Crippen molar-refractivity contribution in [2.75, 3.05) is 13.7 Å². The highest BCUT2D eigenvalue weighted by Crippen LogP contribution is 2.53. The van der Waals surface area contributed by atoms with Crippen LogP contribution in [-0.2, 0) is 5.41 Å². The molecule has 3 nitrogen and oxygen atoms in total. The molecule has 0 unspecified atom stereocenters. The van der Waals surface area contributed by atoms with Crippen molar-refractivity contribution in [2.24, 2.45) is 5.73 Å². The zero-order valence-electron chi connectivity index (χ0n) is 9.21. The van der Waals surface area contributed by atoms with E-state index in [0.717, 1.165) is 24.0 Å². The molecule has 0 radical (unpaired) electrons. The molecule has 1 aromatic carbocycles. The molecule has 1 saturated carbocycles. The summed E-state index contributed by atoms with van der Waals surface area (Å²) in [6, 6.07) is 3.77. The first kappa shape index (κ1) is 10.3. The predicted molar refractivity (Wildman–Crippen MR) is 59.4 cm³/mol. The van der Waals surface area contributed by atoms with Crippen molar-refractivity contribution in [2.45, 2.75) is 25.2 Å². The van der Waals surface area contributed by atoms with E-state index in [1.807, 2.05) is 13.0 Å². The van der Waals surface area contributed by atoms with Crippen molar-refractivity contribution >= 4 is 0 Å². The van der Waals surface area contributed by atoms with Crippen LogP contribution in [0.5, 0.6) is 11.5 Å². The van der Waals surface area contributed by atoms with Crippen molar-refractivity contribution in [1.82, 2.24) is 0 Å². The summed E-state index contributed by atoms with van der Waals surface area (Å²) >= 11 is 0. The monoisotopic (exact) mass is 207 g/mol. The minimum absolute atomic E-state index is 0.00269. The van der Waals surface area contributed by atoms with Crippen LogP contribution in [0.4, 0.5) is 0 Å². The average molecular weight is 207 g/mol. The Labute approximate surface area is 89.9 Å². The third-order valence-electron chi connectivity index (χ3n) is 3.34. The van der Waals surface area contributed by atoms with Gasteiger partial charge < -0.3 is 15.6 Å². The van der Waals surface area contributed by atoms with Crippen molar-refractivity contribution in [3.63, 3.8) is 0 Å². The first-order valence-electron chi connectivity index (χ1n) is 5.22. The summed E-state index contributed by atoms with van der Waals surface area (Å²) < 4.78 is 5.12. The van der Waals surface area contributed by atoms with Gasteiger partial charge in [0.1, 0.15) is 0 Å². The van der Waals surface area contributed by atoms with Crippen LogP contribution in [0.15, 0.2) is 12.1 Å². The third kappa shape index (κ3) is 1.47. The predicted octanol–water partition coefficient (Wildman–Crippen LogP) is 1.70. The van der Waals surface area contributed by atoms with Gasteiger partial charge in [0.2, 0.25) is 0 Å². The largest absolute Gasteiger partial charge is 0.504 e. The van der Waals surface area contributed by atoms with E-state index in [2.05, 4.69) is 0 Å². The first-order valence-corrected chi connectivity index (χ1v) is 5.22. The zero-order valence-corrected chi connectivity index (χ0v) is 9.21. The van der Waals surface area contributed by atoms with Crippen LogP contribution in [0, 0.1) is 6.92 Å². The minimum atomic E-state index is 0.00269. The van der Waals surface area contributed by atoms with Crippen LogP contribution in [0.3, 0.4) is 0 Å². The number of phenols is 1. The third-order valence-corrected chi connectivity index (χ3v) is 3.34. The Morgan fingerprint density at radius 2 is 2.13 bits per heavy atom. The fraction of sp³-hybridized carbons (Fsp3) is 0.500. The standard InChI is InChI=1S/C12H17NO2/c1-8-3-4-9(15-2)11(14)10(8)12(7-13)5-6-12/h3-4,14H,5-7,13H2,1-2H3. The van der Waals surface area contributed by atoms with E-state index in [4.69, 9.17) is 10.5 Å². The molecule has 82 valence electrons. The van der Waals surface area contributed by atoms with Gasteiger partial charge in [-0.25, -0.2) is 0 Å². The first-order chi connectivity index (χ1) is 7.14. The maximum absolute atomic E-state index is 10.1. The molecule has 0 heterocycles. The van der Waals surface area contributed by atoms with Gasteiger partial charge in [-0.2, -0.15) is 0 Å². The van der Waals surface area contributed by atoms with Gasteiger partial charge in [-0.1, -0.05) is 6.07 Å². The minimum Gasteiger partial charge on any atom is -0.504 e. The molecule has 3 heteroatoms. The number of hydrogen-bond donors (Lipinski definition) is 2. The second kappa shape index (κ2) is 3.42. The Morgan fingerprint density at radius 1 is 1.47 bits per heavy atom. The Kier molecular flexibility index (Phi) is 2.35. The highest BCUT2D eigenvalue weighted by atomic mass is 16.5. The van der Waals surface area contributed by atoms with E-state index in [1.54, 1.807) is 13.2 Å². The van der Waals surface area contributed by atoms with Crippen molar-refractivity contribution < 1.29 is 9.84 Å². The Balaban J connectivity index is 2.54. The molecule has 3 N–H and O–H groups in total. The van der Waals surface area contributed by atoms with Gasteiger partial charge >= 0.3 is 0 Å². The number of phenolic OH excluding ortho intramolecular Hbond substituents is 1. The molecule has 2 rings (SSSR count). The number of benzene rings is 1. The molecule has 1 aliphatic rings. The van der Waals surface area contributed by atoms with E-state index >= 15 is 0 Å². The van der Waals surface area contributed by atoms with E-state index in [0.29, 0.717) is 12.3 Å². The number of rotatable bonds is 3. The number of ether oxygens (including phenoxy) is 1. The molecule has 1 fully saturated rings. The Morgan fingerprint density at radius 3 is 2.60 bits per heavy atom. The molecule has 0 aliphatic heterocycles. The zero-order chi connectivity index (χ0) is 11.1. The van der Waals surface area contributed by atoms with Gasteiger partial charge in [-0.05, 0) is 31.4 Å². The smallest absolute Gasteiger partial charge is 0.161 e. The summed E-state index contributed by atoms with van der Waals surface area (Å²) in [4.78, 5) is 0. The molecule has 15 heavy (non-hydrogen) atoms. The number of hydrogen-bond acceptors (Lipinski definition) is 3. The molecule has 1 aromatic rings. The summed E-state index contributed by atoms with van der Waals surface area (Å²) in [5.41, 5.74) is 7.85. The Hall–Kier alpha value is -1.22. The van der Waals surface area contributed by atoms with Crippen LogP contribution in [0.1, 0.15) is 24.0 Å². The van der Waals surface area contributed by atoms with Gasteiger partial charge in [-0.3, -0.25) is 0 Å². The maximum Gasteiger partial charge on any atom is 0.161 e. The SMILES string of the molecule is COc1ccc(C)c(C2(CN)CC2)c1O. The average Bonchev–Trinajstić information content (AvgIpc) is 2.99. The van der Waals surface area contributed by atoms with Gasteiger partial charge in [0.15, 0.2) is 11.5 Å². The van der Waals surface area contributed by atoms with Crippen LogP contribution >= 0.6 is 0 Å². The highest BCUT2D eigenvalue weighted by Gasteiger charge is 2.46. The topological polar surface area (TPSA) is 55.5 Å². The van der Waals surface area contributed by atoms with Crippen molar-refractivity contribution in [3.05, 3.63) is 23.3 Å². The summed E-state index contributed by atoms with van der Waals surface area (Å²) in [6.07, 6.45) is 2.12. The number of aryl methyl sites for hydroxylation is 1. The molecule has 1 aliphatic carbocycles. The van der Waals surface area contributed by atoms with Crippen LogP contribution < -0.4 is 10.5 Å². The lowest BCUT2D eigenvalue weighted by Crippen LogP contribution is -2.21. The number of aromatic hydroxyl groups is 1. The lowest BCUT2D eigenvalue weighted by Gasteiger charge is -2.19. The highest BCUT2D eigenvalue weighted by molar-refractivity contribution is 5.55. The quantitative estimate of drug-likeness (QED) is 0.793. The molecular weight excluding hydrogens is 190 g/mol. The fourth-order valence-corrected chi connectivity index (χ4v) is 2.21. The van der Waals surface area contributed by atoms with Crippen molar-refractivity contribution in [1.29, 1.82) is 0 Å². The molecule has 0 aromatic heterocycles. The lowest BCUT2D eigenvalue weighted by molar-refractivity contribution is 0.367. The number of nitrogens with two attached hydrogens (primary N) is 1. The fourth-order valence-electron chi connectivity index (χ4n) is 2.21. The van der Waals surface area contributed by atoms with Gasteiger partial charge in [0.05, 0.1) is 7.11 Å². The molecule has 0 atom stereocenters. The van der Waals surface area contributed by atoms with E-state index in [1.165, 1.54) is 0 Å². The van der Waals surface area contributed by atoms with Crippen LogP contribution in [-0.4, -0.2) is 18.8 Å². The second-order valence-corrected chi connectivity index (χ2v) is 4.29. The van der Waals surface area contributed by atoms with E-state index in [9.17, 15) is 5.11 Å². The number of methoxy groups -OCH3 is 1. The van der Waals surface area contributed by atoms with Gasteiger partial charge in [0, 0.05) is 17.5 Å².